The van der Waals surface area contributed by atoms with Crippen LogP contribution in [0, 0.1) is 11.5 Å². The Morgan fingerprint density at radius 3 is 2.36 bits per heavy atom. The smallest absolute Gasteiger partial charge is 0.412 e. The zero-order valence-electron chi connectivity index (χ0n) is 14.5. The highest BCUT2D eigenvalue weighted by atomic mass is 28.3. The van der Waals surface area contributed by atoms with Gasteiger partial charge in [-0.05, 0) is 32.9 Å². The Balaban J connectivity index is 3.14. The van der Waals surface area contributed by atoms with Gasteiger partial charge in [-0.15, -0.1) is 5.54 Å². The van der Waals surface area contributed by atoms with Gasteiger partial charge in [-0.1, -0.05) is 31.6 Å². The second-order valence-corrected chi connectivity index (χ2v) is 11.8. The van der Waals surface area contributed by atoms with Crippen LogP contribution >= 0.6 is 0 Å². The SMILES string of the molecule is COc1cccc(NC(=O)OC(C)(C)C)c1C#C[Si](C)(C)C. The standard InChI is InChI=1S/C17H25NO3Si/c1-17(2,3)21-16(19)18-14-9-8-10-15(20-4)13(14)11-12-22(5,6)7/h8-10H,1-7H3,(H,18,19). The molecule has 1 aromatic carbocycles. The fourth-order valence-electron chi connectivity index (χ4n) is 1.60. The minimum absolute atomic E-state index is 0.503. The minimum atomic E-state index is -1.54. The summed E-state index contributed by atoms with van der Waals surface area (Å²) in [6.45, 7) is 12.0. The molecule has 0 aliphatic heterocycles. The van der Waals surface area contributed by atoms with Gasteiger partial charge in [0.2, 0.25) is 0 Å². The van der Waals surface area contributed by atoms with Crippen LogP contribution in [0.4, 0.5) is 10.5 Å². The molecule has 0 saturated carbocycles. The minimum Gasteiger partial charge on any atom is -0.495 e. The molecule has 1 amide bonds. The monoisotopic (exact) mass is 319 g/mol. The molecule has 0 unspecified atom stereocenters. The van der Waals surface area contributed by atoms with Crippen LogP contribution in [-0.2, 0) is 4.74 Å². The van der Waals surface area contributed by atoms with E-state index in [4.69, 9.17) is 9.47 Å². The van der Waals surface area contributed by atoms with Gasteiger partial charge in [0.05, 0.1) is 18.4 Å². The number of anilines is 1. The van der Waals surface area contributed by atoms with E-state index < -0.39 is 19.8 Å². The molecule has 22 heavy (non-hydrogen) atoms. The van der Waals surface area contributed by atoms with Crippen LogP contribution in [0.3, 0.4) is 0 Å². The van der Waals surface area contributed by atoms with Crippen molar-refractivity contribution in [2.75, 3.05) is 12.4 Å². The molecule has 0 spiro atoms. The number of carbonyl (C=O) groups is 1. The molecule has 1 N–H and O–H groups in total. The summed E-state index contributed by atoms with van der Waals surface area (Å²) in [5, 5.41) is 2.75. The number of methoxy groups -OCH3 is 1. The third kappa shape index (κ3) is 6.23. The Bertz CT molecular complexity index is 601. The van der Waals surface area contributed by atoms with Gasteiger partial charge in [-0.3, -0.25) is 5.32 Å². The van der Waals surface area contributed by atoms with E-state index in [0.717, 1.165) is 0 Å². The quantitative estimate of drug-likeness (QED) is 0.654. The molecule has 0 bridgehead atoms. The average Bonchev–Trinajstić information content (AvgIpc) is 2.33. The normalized spacial score (nSPS) is 11.2. The molecule has 1 aromatic rings. The molecule has 0 atom stereocenters. The lowest BCUT2D eigenvalue weighted by Gasteiger charge is -2.20. The summed E-state index contributed by atoms with van der Waals surface area (Å²) in [6, 6.07) is 5.43. The molecule has 0 aromatic heterocycles. The van der Waals surface area contributed by atoms with Gasteiger partial charge in [0.15, 0.2) is 0 Å². The maximum Gasteiger partial charge on any atom is 0.412 e. The largest absolute Gasteiger partial charge is 0.495 e. The topological polar surface area (TPSA) is 47.6 Å². The van der Waals surface area contributed by atoms with Crippen molar-refractivity contribution in [3.05, 3.63) is 23.8 Å². The Kier molecular flexibility index (Phi) is 5.67. The van der Waals surface area contributed by atoms with Crippen molar-refractivity contribution in [1.29, 1.82) is 0 Å². The molecule has 5 heteroatoms. The molecular formula is C17H25NO3Si. The first-order valence-corrected chi connectivity index (χ1v) is 10.7. The molecule has 4 nitrogen and oxygen atoms in total. The number of carbonyl (C=O) groups excluding carboxylic acids is 1. The van der Waals surface area contributed by atoms with E-state index in [-0.39, 0.29) is 0 Å². The van der Waals surface area contributed by atoms with Crippen molar-refractivity contribution in [3.63, 3.8) is 0 Å². The zero-order chi connectivity index (χ0) is 17.0. The highest BCUT2D eigenvalue weighted by Gasteiger charge is 2.18. The molecular weight excluding hydrogens is 294 g/mol. The van der Waals surface area contributed by atoms with Crippen LogP contribution in [0.25, 0.3) is 0 Å². The van der Waals surface area contributed by atoms with Gasteiger partial charge in [-0.2, -0.15) is 0 Å². The Morgan fingerprint density at radius 2 is 1.86 bits per heavy atom. The van der Waals surface area contributed by atoms with Crippen molar-refractivity contribution in [2.45, 2.75) is 46.0 Å². The summed E-state index contributed by atoms with van der Waals surface area (Å²) in [5.74, 6) is 3.80. The van der Waals surface area contributed by atoms with E-state index in [2.05, 4.69) is 36.4 Å². The van der Waals surface area contributed by atoms with E-state index in [1.54, 1.807) is 13.2 Å². The third-order valence-electron chi connectivity index (χ3n) is 2.44. The Hall–Kier alpha value is -1.93. The summed E-state index contributed by atoms with van der Waals surface area (Å²) in [5.41, 5.74) is 4.02. The van der Waals surface area contributed by atoms with Crippen molar-refractivity contribution in [2.24, 2.45) is 0 Å². The second-order valence-electron chi connectivity index (χ2n) is 7.01. The third-order valence-corrected chi connectivity index (χ3v) is 3.32. The first-order valence-electron chi connectivity index (χ1n) is 7.22. The number of ether oxygens (including phenoxy) is 2. The summed E-state index contributed by atoms with van der Waals surface area (Å²) >= 11 is 0. The van der Waals surface area contributed by atoms with Crippen molar-refractivity contribution in [3.8, 4) is 17.2 Å². The van der Waals surface area contributed by atoms with Gasteiger partial charge in [0.1, 0.15) is 19.4 Å². The number of benzene rings is 1. The van der Waals surface area contributed by atoms with Gasteiger partial charge in [0, 0.05) is 0 Å². The molecule has 0 radical (unpaired) electrons. The number of hydrogen-bond acceptors (Lipinski definition) is 3. The van der Waals surface area contributed by atoms with E-state index in [1.807, 2.05) is 32.9 Å². The van der Waals surface area contributed by atoms with E-state index in [1.165, 1.54) is 0 Å². The van der Waals surface area contributed by atoms with Crippen LogP contribution in [0.5, 0.6) is 5.75 Å². The summed E-state index contributed by atoms with van der Waals surface area (Å²) in [7, 11) is 0.0522. The lowest BCUT2D eigenvalue weighted by molar-refractivity contribution is 0.0636. The van der Waals surface area contributed by atoms with Crippen molar-refractivity contribution >= 4 is 19.9 Å². The molecule has 0 heterocycles. The Morgan fingerprint density at radius 1 is 1.23 bits per heavy atom. The van der Waals surface area contributed by atoms with Crippen LogP contribution in [0.2, 0.25) is 19.6 Å². The van der Waals surface area contributed by atoms with Crippen LogP contribution < -0.4 is 10.1 Å². The van der Waals surface area contributed by atoms with Crippen LogP contribution in [0.1, 0.15) is 26.3 Å². The first kappa shape index (κ1) is 18.1. The summed E-state index contributed by atoms with van der Waals surface area (Å²) < 4.78 is 10.6. The highest BCUT2D eigenvalue weighted by molar-refractivity contribution is 6.83. The van der Waals surface area contributed by atoms with Crippen molar-refractivity contribution in [1.82, 2.24) is 0 Å². The van der Waals surface area contributed by atoms with Gasteiger partial charge in [0.25, 0.3) is 0 Å². The van der Waals surface area contributed by atoms with Gasteiger partial charge < -0.3 is 9.47 Å². The molecule has 0 fully saturated rings. The van der Waals surface area contributed by atoms with Gasteiger partial charge in [-0.25, -0.2) is 4.79 Å². The van der Waals surface area contributed by atoms with Crippen LogP contribution in [-0.4, -0.2) is 26.9 Å². The number of hydrogen-bond donors (Lipinski definition) is 1. The second kappa shape index (κ2) is 6.88. The van der Waals surface area contributed by atoms with Crippen LogP contribution in [0.15, 0.2) is 18.2 Å². The molecule has 0 aliphatic rings. The first-order chi connectivity index (χ1) is 10.0. The zero-order valence-corrected chi connectivity index (χ0v) is 15.5. The maximum absolute atomic E-state index is 12.0. The predicted octanol–water partition coefficient (Wildman–Crippen LogP) is 4.27. The average molecular weight is 319 g/mol. The number of nitrogens with one attached hydrogen (secondary N) is 1. The molecule has 0 aliphatic carbocycles. The number of rotatable bonds is 2. The van der Waals surface area contributed by atoms with E-state index >= 15 is 0 Å². The molecule has 1 rings (SSSR count). The number of amides is 1. The lowest BCUT2D eigenvalue weighted by atomic mass is 10.1. The summed E-state index contributed by atoms with van der Waals surface area (Å²) in [6.07, 6.45) is -0.503. The fraction of sp³-hybridized carbons (Fsp3) is 0.471. The predicted molar refractivity (Wildman–Crippen MR) is 93.1 cm³/mol. The maximum atomic E-state index is 12.0. The van der Waals surface area contributed by atoms with Gasteiger partial charge >= 0.3 is 6.09 Å². The van der Waals surface area contributed by atoms with E-state index in [9.17, 15) is 4.79 Å². The lowest BCUT2D eigenvalue weighted by Crippen LogP contribution is -2.27. The molecule has 0 saturated heterocycles. The summed E-state index contributed by atoms with van der Waals surface area (Å²) in [4.78, 5) is 12.0. The molecule has 120 valence electrons. The van der Waals surface area contributed by atoms with E-state index in [0.29, 0.717) is 17.0 Å². The van der Waals surface area contributed by atoms with Crippen molar-refractivity contribution < 1.29 is 14.3 Å². The Labute approximate surface area is 134 Å². The fourth-order valence-corrected chi connectivity index (χ4v) is 2.10. The highest BCUT2D eigenvalue weighted by Crippen LogP contribution is 2.26.